The van der Waals surface area contributed by atoms with Crippen molar-refractivity contribution >= 4 is 39.1 Å². The zero-order valence-corrected chi connectivity index (χ0v) is 15.4. The first-order chi connectivity index (χ1) is 13.0. The van der Waals surface area contributed by atoms with E-state index in [2.05, 4.69) is 16.9 Å². The van der Waals surface area contributed by atoms with Gasteiger partial charge < -0.3 is 9.88 Å². The SMILES string of the molecule is C=CCn1c(=NC(=O)c2ccc(C#N)cc2)sc2cc(NC(C)=O)ccc21. The molecule has 1 N–H and O–H groups in total. The number of carbonyl (C=O) groups is 2. The van der Waals surface area contributed by atoms with Crippen LogP contribution in [0.25, 0.3) is 10.2 Å². The van der Waals surface area contributed by atoms with E-state index >= 15 is 0 Å². The van der Waals surface area contributed by atoms with E-state index < -0.39 is 0 Å². The number of nitrogens with zero attached hydrogens (tertiary/aromatic N) is 3. The molecular weight excluding hydrogens is 360 g/mol. The molecule has 3 rings (SSSR count). The second kappa shape index (κ2) is 7.81. The van der Waals surface area contributed by atoms with E-state index in [9.17, 15) is 9.59 Å². The summed E-state index contributed by atoms with van der Waals surface area (Å²) in [5.41, 5.74) is 2.49. The molecule has 1 heterocycles. The molecule has 0 atom stereocenters. The van der Waals surface area contributed by atoms with E-state index in [-0.39, 0.29) is 11.8 Å². The zero-order valence-electron chi connectivity index (χ0n) is 14.6. The summed E-state index contributed by atoms with van der Waals surface area (Å²) < 4.78 is 2.79. The van der Waals surface area contributed by atoms with Crippen molar-refractivity contribution in [3.05, 3.63) is 71.0 Å². The van der Waals surface area contributed by atoms with Gasteiger partial charge in [-0.2, -0.15) is 10.3 Å². The second-order valence-electron chi connectivity index (χ2n) is 5.75. The Bertz CT molecular complexity index is 1150. The van der Waals surface area contributed by atoms with Gasteiger partial charge in [-0.1, -0.05) is 17.4 Å². The molecule has 0 saturated heterocycles. The lowest BCUT2D eigenvalue weighted by atomic mass is 10.1. The first-order valence-electron chi connectivity index (χ1n) is 8.13. The molecule has 7 heteroatoms. The molecule has 0 aliphatic heterocycles. The number of hydrogen-bond donors (Lipinski definition) is 1. The van der Waals surface area contributed by atoms with Crippen LogP contribution in [0, 0.1) is 11.3 Å². The highest BCUT2D eigenvalue weighted by Crippen LogP contribution is 2.22. The van der Waals surface area contributed by atoms with E-state index in [1.165, 1.54) is 18.3 Å². The Kier molecular flexibility index (Phi) is 5.29. The maximum atomic E-state index is 12.5. The van der Waals surface area contributed by atoms with Crippen molar-refractivity contribution in [3.63, 3.8) is 0 Å². The van der Waals surface area contributed by atoms with Crippen LogP contribution >= 0.6 is 11.3 Å². The third kappa shape index (κ3) is 4.02. The van der Waals surface area contributed by atoms with E-state index in [1.807, 2.05) is 28.8 Å². The molecule has 134 valence electrons. The van der Waals surface area contributed by atoms with E-state index in [4.69, 9.17) is 5.26 Å². The number of aromatic nitrogens is 1. The maximum Gasteiger partial charge on any atom is 0.279 e. The fourth-order valence-corrected chi connectivity index (χ4v) is 3.66. The van der Waals surface area contributed by atoms with Gasteiger partial charge in [-0.3, -0.25) is 9.59 Å². The molecule has 3 aromatic rings. The molecular formula is C20H16N4O2S. The van der Waals surface area contributed by atoms with Crippen LogP contribution in [0.15, 0.2) is 60.1 Å². The Balaban J connectivity index is 2.07. The van der Waals surface area contributed by atoms with E-state index in [0.717, 1.165) is 10.2 Å². The molecule has 2 amide bonds. The van der Waals surface area contributed by atoms with Crippen molar-refractivity contribution in [2.24, 2.45) is 4.99 Å². The van der Waals surface area contributed by atoms with Gasteiger partial charge in [-0.15, -0.1) is 6.58 Å². The van der Waals surface area contributed by atoms with Crippen molar-refractivity contribution < 1.29 is 9.59 Å². The number of thiazole rings is 1. The van der Waals surface area contributed by atoms with Gasteiger partial charge in [0.15, 0.2) is 4.80 Å². The van der Waals surface area contributed by atoms with Gasteiger partial charge in [-0.25, -0.2) is 0 Å². The lowest BCUT2D eigenvalue weighted by Crippen LogP contribution is -2.16. The Labute approximate surface area is 159 Å². The predicted molar refractivity (Wildman–Crippen MR) is 105 cm³/mol. The largest absolute Gasteiger partial charge is 0.326 e. The van der Waals surface area contributed by atoms with Crippen LogP contribution in [0.1, 0.15) is 22.8 Å². The Morgan fingerprint density at radius 1 is 1.30 bits per heavy atom. The number of rotatable bonds is 4. The summed E-state index contributed by atoms with van der Waals surface area (Å²) in [4.78, 5) is 28.6. The number of anilines is 1. The minimum atomic E-state index is -0.383. The van der Waals surface area contributed by atoms with Gasteiger partial charge in [0, 0.05) is 24.7 Å². The molecule has 0 aliphatic rings. The van der Waals surface area contributed by atoms with Gasteiger partial charge in [0.2, 0.25) is 5.91 Å². The molecule has 0 bridgehead atoms. The minimum Gasteiger partial charge on any atom is -0.326 e. The third-order valence-electron chi connectivity index (χ3n) is 3.77. The van der Waals surface area contributed by atoms with Crippen LogP contribution in [0.5, 0.6) is 0 Å². The normalized spacial score (nSPS) is 11.2. The average molecular weight is 376 g/mol. The number of amides is 2. The number of fused-ring (bicyclic) bond motifs is 1. The standard InChI is InChI=1S/C20H16N4O2S/c1-3-10-24-17-9-8-16(22-13(2)25)11-18(17)27-20(24)23-19(26)15-6-4-14(12-21)5-7-15/h3-9,11H,1,10H2,2H3,(H,22,25). The average Bonchev–Trinajstić information content (AvgIpc) is 2.98. The fourth-order valence-electron chi connectivity index (χ4n) is 2.58. The highest BCUT2D eigenvalue weighted by molar-refractivity contribution is 7.16. The van der Waals surface area contributed by atoms with Gasteiger partial charge in [0.25, 0.3) is 5.91 Å². The maximum absolute atomic E-state index is 12.5. The highest BCUT2D eigenvalue weighted by atomic mass is 32.1. The molecule has 0 radical (unpaired) electrons. The van der Waals surface area contributed by atoms with Gasteiger partial charge in [0.05, 0.1) is 21.8 Å². The molecule has 0 unspecified atom stereocenters. The smallest absolute Gasteiger partial charge is 0.279 e. The summed E-state index contributed by atoms with van der Waals surface area (Å²) >= 11 is 1.36. The first kappa shape index (κ1) is 18.3. The molecule has 6 nitrogen and oxygen atoms in total. The molecule has 0 spiro atoms. The molecule has 1 aromatic heterocycles. The number of benzene rings is 2. The lowest BCUT2D eigenvalue weighted by molar-refractivity contribution is -0.114. The van der Waals surface area contributed by atoms with Crippen molar-refractivity contribution in [3.8, 4) is 6.07 Å². The van der Waals surface area contributed by atoms with E-state index in [1.54, 1.807) is 30.3 Å². The molecule has 0 aliphatic carbocycles. The van der Waals surface area contributed by atoms with Gasteiger partial charge >= 0.3 is 0 Å². The van der Waals surface area contributed by atoms with Crippen molar-refractivity contribution in [1.82, 2.24) is 4.57 Å². The Morgan fingerprint density at radius 2 is 2.04 bits per heavy atom. The highest BCUT2D eigenvalue weighted by Gasteiger charge is 2.10. The molecule has 0 saturated carbocycles. The fraction of sp³-hybridized carbons (Fsp3) is 0.100. The third-order valence-corrected chi connectivity index (χ3v) is 4.81. The minimum absolute atomic E-state index is 0.147. The molecule has 2 aromatic carbocycles. The number of carbonyl (C=O) groups excluding carboxylic acids is 2. The van der Waals surface area contributed by atoms with Crippen molar-refractivity contribution in [1.29, 1.82) is 5.26 Å². The molecule has 0 fully saturated rings. The number of allylic oxidation sites excluding steroid dienone is 1. The Morgan fingerprint density at radius 3 is 2.67 bits per heavy atom. The van der Waals surface area contributed by atoms with Gasteiger partial charge in [0.1, 0.15) is 0 Å². The first-order valence-corrected chi connectivity index (χ1v) is 8.94. The predicted octanol–water partition coefficient (Wildman–Crippen LogP) is 3.46. The van der Waals surface area contributed by atoms with Crippen molar-refractivity contribution in [2.75, 3.05) is 5.32 Å². The van der Waals surface area contributed by atoms with Crippen LogP contribution in [0.4, 0.5) is 5.69 Å². The number of hydrogen-bond acceptors (Lipinski definition) is 4. The van der Waals surface area contributed by atoms with Crippen LogP contribution < -0.4 is 10.1 Å². The number of nitriles is 1. The number of nitrogens with one attached hydrogen (secondary N) is 1. The summed E-state index contributed by atoms with van der Waals surface area (Å²) in [5.74, 6) is -0.531. The van der Waals surface area contributed by atoms with Crippen molar-refractivity contribution in [2.45, 2.75) is 13.5 Å². The van der Waals surface area contributed by atoms with Crippen LogP contribution in [0.2, 0.25) is 0 Å². The lowest BCUT2D eigenvalue weighted by Gasteiger charge is -2.03. The summed E-state index contributed by atoms with van der Waals surface area (Å²) in [6.45, 7) is 5.72. The van der Waals surface area contributed by atoms with E-state index in [0.29, 0.717) is 28.2 Å². The monoisotopic (exact) mass is 376 g/mol. The second-order valence-corrected chi connectivity index (χ2v) is 6.76. The summed E-state index contributed by atoms with van der Waals surface area (Å²) in [7, 11) is 0. The topological polar surface area (TPSA) is 87.2 Å². The quantitative estimate of drug-likeness (QED) is 0.708. The van der Waals surface area contributed by atoms with Crippen LogP contribution in [-0.2, 0) is 11.3 Å². The van der Waals surface area contributed by atoms with Crippen LogP contribution in [-0.4, -0.2) is 16.4 Å². The summed E-state index contributed by atoms with van der Waals surface area (Å²) in [6, 6.07) is 13.9. The summed E-state index contributed by atoms with van der Waals surface area (Å²) in [5, 5.41) is 11.6. The zero-order chi connectivity index (χ0) is 19.4. The van der Waals surface area contributed by atoms with Gasteiger partial charge in [-0.05, 0) is 42.5 Å². The van der Waals surface area contributed by atoms with Crippen LogP contribution in [0.3, 0.4) is 0 Å². The molecule has 27 heavy (non-hydrogen) atoms. The summed E-state index contributed by atoms with van der Waals surface area (Å²) in [6.07, 6.45) is 1.74. The Hall–Kier alpha value is -3.50.